The lowest BCUT2D eigenvalue weighted by Crippen LogP contribution is -1.85. The van der Waals surface area contributed by atoms with E-state index in [-0.39, 0.29) is 0 Å². The molecule has 0 heterocycles. The molecule has 1 rings (SSSR count). The molecule has 1 aliphatic carbocycles. The first-order valence-corrected chi connectivity index (χ1v) is 5.74. The van der Waals surface area contributed by atoms with Gasteiger partial charge in [0.05, 0.1) is 0 Å². The van der Waals surface area contributed by atoms with Crippen LogP contribution >= 0.6 is 0 Å². The molecule has 0 saturated carbocycles. The van der Waals surface area contributed by atoms with Crippen molar-refractivity contribution >= 4 is 0 Å². The summed E-state index contributed by atoms with van der Waals surface area (Å²) < 4.78 is 0. The molecule has 0 saturated heterocycles. The molecule has 0 amide bonds. The molecule has 0 fully saturated rings. The van der Waals surface area contributed by atoms with Crippen molar-refractivity contribution in [2.75, 3.05) is 0 Å². The highest BCUT2D eigenvalue weighted by Gasteiger charge is 1.95. The van der Waals surface area contributed by atoms with E-state index in [9.17, 15) is 0 Å². The van der Waals surface area contributed by atoms with Gasteiger partial charge in [0.15, 0.2) is 0 Å². The van der Waals surface area contributed by atoms with Crippen molar-refractivity contribution < 1.29 is 0 Å². The summed E-state index contributed by atoms with van der Waals surface area (Å²) in [7, 11) is 0. The second-order valence-corrected chi connectivity index (χ2v) is 4.55. The standard InChI is InChI=1S/2C8H12/c1-7-3-5-8(2)6-4-7;1-7(2)5-6-8(3)4/h3,5H,4,6H2,1-2H3;5-6H,1,3H2,2,4H3/b;6-5-. The summed E-state index contributed by atoms with van der Waals surface area (Å²) in [5, 5.41) is 0. The van der Waals surface area contributed by atoms with Gasteiger partial charge in [-0.05, 0) is 40.5 Å². The van der Waals surface area contributed by atoms with Gasteiger partial charge >= 0.3 is 0 Å². The Morgan fingerprint density at radius 1 is 0.938 bits per heavy atom. The van der Waals surface area contributed by atoms with Crippen LogP contribution in [0.3, 0.4) is 0 Å². The molecule has 0 atom stereocenters. The summed E-state index contributed by atoms with van der Waals surface area (Å²) >= 11 is 0. The van der Waals surface area contributed by atoms with Gasteiger partial charge in [-0.15, -0.1) is 0 Å². The number of hydrogen-bond acceptors (Lipinski definition) is 0. The van der Waals surface area contributed by atoms with Gasteiger partial charge in [-0.1, -0.05) is 59.8 Å². The molecule has 0 bridgehead atoms. The fraction of sp³-hybridized carbons (Fsp3) is 0.375. The Hall–Kier alpha value is -1.30. The van der Waals surface area contributed by atoms with Crippen LogP contribution in [0.1, 0.15) is 40.5 Å². The zero-order valence-corrected chi connectivity index (χ0v) is 11.1. The van der Waals surface area contributed by atoms with Gasteiger partial charge in [0.2, 0.25) is 0 Å². The van der Waals surface area contributed by atoms with E-state index in [0.717, 1.165) is 11.1 Å². The third-order valence-corrected chi connectivity index (χ3v) is 2.22. The first-order chi connectivity index (χ1) is 7.41. The second kappa shape index (κ2) is 7.92. The molecular weight excluding hydrogens is 192 g/mol. The summed E-state index contributed by atoms with van der Waals surface area (Å²) in [6, 6.07) is 0. The van der Waals surface area contributed by atoms with E-state index in [1.165, 1.54) is 24.0 Å². The van der Waals surface area contributed by atoms with Crippen LogP contribution in [0.5, 0.6) is 0 Å². The van der Waals surface area contributed by atoms with Crippen LogP contribution in [-0.2, 0) is 0 Å². The Morgan fingerprint density at radius 3 is 1.44 bits per heavy atom. The number of allylic oxidation sites excluding steroid dienone is 8. The van der Waals surface area contributed by atoms with E-state index in [0.29, 0.717) is 0 Å². The van der Waals surface area contributed by atoms with E-state index in [1.54, 1.807) is 0 Å². The third-order valence-electron chi connectivity index (χ3n) is 2.22. The van der Waals surface area contributed by atoms with Gasteiger partial charge in [0.1, 0.15) is 0 Å². The average molecular weight is 216 g/mol. The largest absolute Gasteiger partial charge is 0.0961 e. The van der Waals surface area contributed by atoms with E-state index < -0.39 is 0 Å². The predicted octanol–water partition coefficient (Wildman–Crippen LogP) is 5.37. The van der Waals surface area contributed by atoms with Gasteiger partial charge in [-0.25, -0.2) is 0 Å². The van der Waals surface area contributed by atoms with Crippen LogP contribution in [-0.4, -0.2) is 0 Å². The zero-order chi connectivity index (χ0) is 12.6. The highest BCUT2D eigenvalue weighted by molar-refractivity contribution is 5.21. The van der Waals surface area contributed by atoms with Crippen LogP contribution < -0.4 is 0 Å². The van der Waals surface area contributed by atoms with Crippen LogP contribution in [0.4, 0.5) is 0 Å². The van der Waals surface area contributed by atoms with Crippen LogP contribution in [0, 0.1) is 0 Å². The fourth-order valence-corrected chi connectivity index (χ4v) is 1.13. The minimum Gasteiger partial charge on any atom is -0.0961 e. The Kier molecular flexibility index (Phi) is 7.28. The molecular formula is C16H24. The molecule has 88 valence electrons. The highest BCUT2D eigenvalue weighted by Crippen LogP contribution is 2.15. The van der Waals surface area contributed by atoms with Gasteiger partial charge in [0.25, 0.3) is 0 Å². The molecule has 1 aliphatic rings. The Bertz CT molecular complexity index is 301. The van der Waals surface area contributed by atoms with Crippen molar-refractivity contribution in [1.82, 2.24) is 0 Å². The van der Waals surface area contributed by atoms with Gasteiger partial charge in [-0.2, -0.15) is 0 Å². The molecule has 0 aromatic carbocycles. The first kappa shape index (κ1) is 14.7. The smallest absolute Gasteiger partial charge is 0.0283 e. The topological polar surface area (TPSA) is 0 Å². The lowest BCUT2D eigenvalue weighted by molar-refractivity contribution is 0.906. The second-order valence-electron chi connectivity index (χ2n) is 4.55. The number of rotatable bonds is 2. The Morgan fingerprint density at radius 2 is 1.25 bits per heavy atom. The monoisotopic (exact) mass is 216 g/mol. The first-order valence-electron chi connectivity index (χ1n) is 5.74. The lowest BCUT2D eigenvalue weighted by Gasteiger charge is -2.05. The maximum absolute atomic E-state index is 3.70. The molecule has 0 spiro atoms. The predicted molar refractivity (Wildman–Crippen MR) is 75.5 cm³/mol. The van der Waals surface area contributed by atoms with E-state index >= 15 is 0 Å². The van der Waals surface area contributed by atoms with Crippen molar-refractivity contribution in [2.45, 2.75) is 40.5 Å². The van der Waals surface area contributed by atoms with Crippen molar-refractivity contribution in [3.05, 3.63) is 59.8 Å². The summed E-state index contributed by atoms with van der Waals surface area (Å²) in [4.78, 5) is 0. The van der Waals surface area contributed by atoms with E-state index in [2.05, 4.69) is 39.2 Å². The van der Waals surface area contributed by atoms with Crippen molar-refractivity contribution in [3.63, 3.8) is 0 Å². The Balaban J connectivity index is 0.000000281. The summed E-state index contributed by atoms with van der Waals surface area (Å²) in [6.07, 6.45) is 10.8. The lowest BCUT2D eigenvalue weighted by atomic mass is 10.0. The maximum Gasteiger partial charge on any atom is -0.0283 e. The highest BCUT2D eigenvalue weighted by atomic mass is 14.0. The zero-order valence-electron chi connectivity index (χ0n) is 11.1. The molecule has 0 aliphatic heterocycles. The maximum atomic E-state index is 3.70. The molecule has 0 unspecified atom stereocenters. The molecule has 0 N–H and O–H groups in total. The minimum atomic E-state index is 1.06. The minimum absolute atomic E-state index is 1.06. The normalized spacial score (nSPS) is 14.8. The molecule has 0 radical (unpaired) electrons. The molecule has 0 heteroatoms. The van der Waals surface area contributed by atoms with Gasteiger partial charge in [0, 0.05) is 0 Å². The van der Waals surface area contributed by atoms with E-state index in [1.807, 2.05) is 26.0 Å². The van der Waals surface area contributed by atoms with Gasteiger partial charge < -0.3 is 0 Å². The summed E-state index contributed by atoms with van der Waals surface area (Å²) in [5.41, 5.74) is 5.15. The van der Waals surface area contributed by atoms with Crippen LogP contribution in [0.25, 0.3) is 0 Å². The van der Waals surface area contributed by atoms with Crippen molar-refractivity contribution in [3.8, 4) is 0 Å². The fourth-order valence-electron chi connectivity index (χ4n) is 1.13. The molecule has 0 aromatic rings. The van der Waals surface area contributed by atoms with Crippen LogP contribution in [0.15, 0.2) is 59.8 Å². The summed E-state index contributed by atoms with van der Waals surface area (Å²) in [6.45, 7) is 15.7. The Labute approximate surface area is 101 Å². The molecule has 16 heavy (non-hydrogen) atoms. The quantitative estimate of drug-likeness (QED) is 0.544. The van der Waals surface area contributed by atoms with Crippen LogP contribution in [0.2, 0.25) is 0 Å². The van der Waals surface area contributed by atoms with Crippen molar-refractivity contribution in [2.24, 2.45) is 0 Å². The third kappa shape index (κ3) is 9.26. The number of hydrogen-bond donors (Lipinski definition) is 0. The molecule has 0 aromatic heterocycles. The SMILES string of the molecule is C=C(C)/C=C\C(=C)C.CC1=CC=C(C)CC1. The van der Waals surface area contributed by atoms with E-state index in [4.69, 9.17) is 0 Å². The van der Waals surface area contributed by atoms with Gasteiger partial charge in [-0.3, -0.25) is 0 Å². The molecule has 0 nitrogen and oxygen atoms in total. The van der Waals surface area contributed by atoms with Crippen molar-refractivity contribution in [1.29, 1.82) is 0 Å². The summed E-state index contributed by atoms with van der Waals surface area (Å²) in [5.74, 6) is 0. The average Bonchev–Trinajstić information content (AvgIpc) is 2.20.